The number of rotatable bonds is 13. The Hall–Kier alpha value is -5.28. The fourth-order valence-electron chi connectivity index (χ4n) is 4.44. The van der Waals surface area contributed by atoms with Gasteiger partial charge in [0.2, 0.25) is 17.8 Å². The van der Waals surface area contributed by atoms with Gasteiger partial charge in [0.1, 0.15) is 17.3 Å². The van der Waals surface area contributed by atoms with Crippen LogP contribution in [-0.2, 0) is 14.4 Å². The molecule has 0 spiro atoms. The number of aryl methyl sites for hydroxylation is 1. The number of hydrogen-bond donors (Lipinski definition) is 6. The van der Waals surface area contributed by atoms with E-state index in [1.54, 1.807) is 25.1 Å². The van der Waals surface area contributed by atoms with E-state index in [9.17, 15) is 38.2 Å². The molecular formula is C30H30F2N6O7. The lowest BCUT2D eigenvalue weighted by Crippen LogP contribution is -2.29. The minimum absolute atomic E-state index is 0.0183. The van der Waals surface area contributed by atoms with Crippen LogP contribution in [0.3, 0.4) is 0 Å². The van der Waals surface area contributed by atoms with Gasteiger partial charge in [-0.1, -0.05) is 12.1 Å². The molecule has 0 atom stereocenters. The molecule has 2 aromatic carbocycles. The van der Waals surface area contributed by atoms with Crippen LogP contribution in [0.2, 0.25) is 0 Å². The number of aliphatic hydroxyl groups excluding tert-OH is 2. The molecule has 13 nitrogen and oxygen atoms in total. The number of aromatic nitrogens is 3. The lowest BCUT2D eigenvalue weighted by molar-refractivity contribution is -0.138. The zero-order valence-corrected chi connectivity index (χ0v) is 24.0. The third-order valence-corrected chi connectivity index (χ3v) is 6.70. The minimum Gasteiger partial charge on any atom is -0.481 e. The van der Waals surface area contributed by atoms with Gasteiger partial charge < -0.3 is 31.3 Å². The Bertz CT molecular complexity index is 1790. The first-order valence-electron chi connectivity index (χ1n) is 13.8. The standard InChI is InChI=1S/C30H30F2N6O7/c1-16-5-6-17(34-24(42)11-12-33-23(41)8-10-26(44)45)13-20(16)27-19-7-9-25(43)38(28-21(31)3-2-4-22(28)32)29(19)37-30(36-27)35-18(14-39)15-40/h2-7,9,13,18,39-40H,8,10-12,14-15H2,1H3,(H,33,41)(H,34,42)(H,44,45)(H,35,36,37). The van der Waals surface area contributed by atoms with Crippen molar-refractivity contribution in [2.24, 2.45) is 0 Å². The average Bonchev–Trinajstić information content (AvgIpc) is 3.00. The zero-order chi connectivity index (χ0) is 32.7. The van der Waals surface area contributed by atoms with Crippen molar-refractivity contribution in [1.82, 2.24) is 19.9 Å². The van der Waals surface area contributed by atoms with Crippen molar-refractivity contribution in [3.8, 4) is 16.9 Å². The van der Waals surface area contributed by atoms with E-state index in [1.807, 2.05) is 0 Å². The van der Waals surface area contributed by atoms with Crippen molar-refractivity contribution < 1.29 is 38.5 Å². The number of nitrogens with one attached hydrogen (secondary N) is 3. The summed E-state index contributed by atoms with van der Waals surface area (Å²) in [4.78, 5) is 56.9. The first kappa shape index (κ1) is 32.6. The molecule has 2 heterocycles. The third-order valence-electron chi connectivity index (χ3n) is 6.70. The van der Waals surface area contributed by atoms with Gasteiger partial charge in [-0.2, -0.15) is 4.98 Å². The van der Waals surface area contributed by atoms with Crippen molar-refractivity contribution >= 4 is 40.5 Å². The van der Waals surface area contributed by atoms with Gasteiger partial charge in [-0.15, -0.1) is 0 Å². The first-order valence-corrected chi connectivity index (χ1v) is 13.8. The number of carbonyl (C=O) groups is 3. The van der Waals surface area contributed by atoms with E-state index in [1.165, 1.54) is 6.07 Å². The molecule has 2 amide bonds. The van der Waals surface area contributed by atoms with E-state index < -0.39 is 59.9 Å². The van der Waals surface area contributed by atoms with Gasteiger partial charge in [0.25, 0.3) is 5.56 Å². The maximum Gasteiger partial charge on any atom is 0.303 e. The number of carboxylic acids is 1. The van der Waals surface area contributed by atoms with Crippen LogP contribution in [0.25, 0.3) is 28.0 Å². The highest BCUT2D eigenvalue weighted by Gasteiger charge is 2.21. The van der Waals surface area contributed by atoms with E-state index in [0.717, 1.165) is 28.8 Å². The highest BCUT2D eigenvalue weighted by Crippen LogP contribution is 2.32. The fraction of sp³-hybridized carbons (Fsp3) is 0.267. The van der Waals surface area contributed by atoms with E-state index in [4.69, 9.17) is 5.11 Å². The Morgan fingerprint density at radius 3 is 2.31 bits per heavy atom. The first-order chi connectivity index (χ1) is 21.5. The quantitative estimate of drug-likeness (QED) is 0.128. The van der Waals surface area contributed by atoms with Crippen LogP contribution in [0, 0.1) is 18.6 Å². The summed E-state index contributed by atoms with van der Waals surface area (Å²) in [7, 11) is 0. The number of carboxylic acid groups (broad SMARTS) is 1. The summed E-state index contributed by atoms with van der Waals surface area (Å²) in [5.74, 6) is -4.24. The molecule has 6 N–H and O–H groups in total. The fourth-order valence-corrected chi connectivity index (χ4v) is 4.44. The summed E-state index contributed by atoms with van der Waals surface area (Å²) in [5.41, 5.74) is 0.0709. The molecule has 0 unspecified atom stereocenters. The number of para-hydroxylation sites is 1. The number of aliphatic hydroxyl groups is 2. The number of aliphatic carboxylic acids is 1. The second kappa shape index (κ2) is 14.5. The number of carbonyl (C=O) groups excluding carboxylic acids is 2. The van der Waals surface area contributed by atoms with Crippen LogP contribution in [0.5, 0.6) is 0 Å². The lowest BCUT2D eigenvalue weighted by Gasteiger charge is -2.18. The lowest BCUT2D eigenvalue weighted by atomic mass is 10.0. The van der Waals surface area contributed by atoms with Crippen molar-refractivity contribution in [1.29, 1.82) is 0 Å². The number of fused-ring (bicyclic) bond motifs is 1. The number of anilines is 2. The summed E-state index contributed by atoms with van der Waals surface area (Å²) >= 11 is 0. The number of pyridine rings is 1. The van der Waals surface area contributed by atoms with Gasteiger partial charge in [-0.3, -0.25) is 23.7 Å². The van der Waals surface area contributed by atoms with E-state index in [0.29, 0.717) is 16.8 Å². The van der Waals surface area contributed by atoms with Crippen LogP contribution in [0.15, 0.2) is 53.3 Å². The largest absolute Gasteiger partial charge is 0.481 e. The molecule has 0 aliphatic heterocycles. The van der Waals surface area contributed by atoms with Gasteiger partial charge in [-0.05, 0) is 42.8 Å². The van der Waals surface area contributed by atoms with Crippen LogP contribution < -0.4 is 21.5 Å². The maximum atomic E-state index is 14.9. The second-order valence-electron chi connectivity index (χ2n) is 9.99. The smallest absolute Gasteiger partial charge is 0.303 e. The van der Waals surface area contributed by atoms with Gasteiger partial charge in [0.15, 0.2) is 5.65 Å². The Kier molecular flexibility index (Phi) is 10.5. The number of benzene rings is 2. The molecule has 45 heavy (non-hydrogen) atoms. The van der Waals surface area contributed by atoms with Gasteiger partial charge in [-0.25, -0.2) is 13.8 Å². The average molecular weight is 625 g/mol. The third kappa shape index (κ3) is 7.82. The molecule has 15 heteroatoms. The normalized spacial score (nSPS) is 11.1. The van der Waals surface area contributed by atoms with Crippen LogP contribution >= 0.6 is 0 Å². The number of hydrogen-bond acceptors (Lipinski definition) is 9. The number of nitrogens with zero attached hydrogens (tertiary/aromatic N) is 3. The molecule has 236 valence electrons. The molecule has 0 bridgehead atoms. The topological polar surface area (TPSA) is 196 Å². The van der Waals surface area contributed by atoms with Gasteiger partial charge in [0, 0.05) is 42.1 Å². The molecule has 4 aromatic rings. The second-order valence-corrected chi connectivity index (χ2v) is 9.99. The minimum atomic E-state index is -1.11. The Morgan fingerprint density at radius 2 is 1.64 bits per heavy atom. The number of halogens is 2. The monoisotopic (exact) mass is 624 g/mol. The summed E-state index contributed by atoms with van der Waals surface area (Å²) in [5, 5.41) is 36.1. The summed E-state index contributed by atoms with van der Waals surface area (Å²) < 4.78 is 30.6. The highest BCUT2D eigenvalue weighted by molar-refractivity contribution is 5.96. The molecule has 0 fully saturated rings. The molecule has 0 radical (unpaired) electrons. The summed E-state index contributed by atoms with van der Waals surface area (Å²) in [6, 6.07) is 9.68. The van der Waals surface area contributed by atoms with E-state index in [-0.39, 0.29) is 48.5 Å². The summed E-state index contributed by atoms with van der Waals surface area (Å²) in [6.07, 6.45) is -0.640. The van der Waals surface area contributed by atoms with Crippen LogP contribution in [-0.4, -0.2) is 73.4 Å². The Labute approximate surface area is 254 Å². The van der Waals surface area contributed by atoms with E-state index >= 15 is 0 Å². The van der Waals surface area contributed by atoms with E-state index in [2.05, 4.69) is 25.9 Å². The molecule has 0 aliphatic rings. The van der Waals surface area contributed by atoms with Gasteiger partial charge in [0.05, 0.1) is 31.4 Å². The van der Waals surface area contributed by atoms with Crippen LogP contribution in [0.4, 0.5) is 20.4 Å². The molecular weight excluding hydrogens is 594 g/mol. The van der Waals surface area contributed by atoms with Crippen molar-refractivity contribution in [3.05, 3.63) is 76.1 Å². The van der Waals surface area contributed by atoms with Crippen LogP contribution in [0.1, 0.15) is 24.8 Å². The molecule has 0 aliphatic carbocycles. The van der Waals surface area contributed by atoms with Gasteiger partial charge >= 0.3 is 5.97 Å². The van der Waals surface area contributed by atoms with Crippen molar-refractivity contribution in [2.75, 3.05) is 30.4 Å². The molecule has 0 saturated heterocycles. The van der Waals surface area contributed by atoms with Crippen molar-refractivity contribution in [2.45, 2.75) is 32.2 Å². The Morgan fingerprint density at radius 1 is 0.933 bits per heavy atom. The predicted molar refractivity (Wildman–Crippen MR) is 160 cm³/mol. The molecule has 2 aromatic heterocycles. The zero-order valence-electron chi connectivity index (χ0n) is 24.0. The Balaban J connectivity index is 1.76. The highest BCUT2D eigenvalue weighted by atomic mass is 19.1. The maximum absolute atomic E-state index is 14.9. The predicted octanol–water partition coefficient (Wildman–Crippen LogP) is 2.11. The molecule has 4 rings (SSSR count). The SMILES string of the molecule is Cc1ccc(NC(=O)CCNC(=O)CCC(=O)O)cc1-c1nc(NC(CO)CO)nc2c1ccc(=O)n2-c1c(F)cccc1F. The van der Waals surface area contributed by atoms with Crippen molar-refractivity contribution in [3.63, 3.8) is 0 Å². The number of amides is 2. The summed E-state index contributed by atoms with van der Waals surface area (Å²) in [6.45, 7) is 0.732. The molecule has 0 saturated carbocycles.